The zero-order valence-corrected chi connectivity index (χ0v) is 12.0. The SMILES string of the molecule is Cl.O=C(NC1C2CNCC21)c1cc2ccccc2oc1=O. The highest BCUT2D eigenvalue weighted by Gasteiger charge is 2.53. The lowest BCUT2D eigenvalue weighted by Crippen LogP contribution is -2.34. The van der Waals surface area contributed by atoms with E-state index in [9.17, 15) is 9.59 Å². The van der Waals surface area contributed by atoms with Gasteiger partial charge in [0.2, 0.25) is 0 Å². The van der Waals surface area contributed by atoms with Crippen molar-refractivity contribution in [2.24, 2.45) is 11.8 Å². The molecule has 1 aromatic carbocycles. The van der Waals surface area contributed by atoms with Gasteiger partial charge in [0.15, 0.2) is 0 Å². The first-order valence-electron chi connectivity index (χ1n) is 6.78. The van der Waals surface area contributed by atoms with Gasteiger partial charge >= 0.3 is 5.63 Å². The number of hydrogen-bond donors (Lipinski definition) is 2. The largest absolute Gasteiger partial charge is 0.422 e. The smallest absolute Gasteiger partial charge is 0.349 e. The minimum absolute atomic E-state index is 0. The summed E-state index contributed by atoms with van der Waals surface area (Å²) in [6.07, 6.45) is 0. The minimum atomic E-state index is -0.579. The molecule has 0 radical (unpaired) electrons. The average Bonchev–Trinajstić information content (AvgIpc) is 2.87. The number of hydrogen-bond acceptors (Lipinski definition) is 4. The van der Waals surface area contributed by atoms with Crippen LogP contribution >= 0.6 is 12.4 Å². The molecule has 6 heteroatoms. The van der Waals surface area contributed by atoms with Gasteiger partial charge in [0.25, 0.3) is 5.91 Å². The number of carbonyl (C=O) groups is 1. The highest BCUT2D eigenvalue weighted by Crippen LogP contribution is 2.41. The van der Waals surface area contributed by atoms with E-state index in [1.54, 1.807) is 18.2 Å². The van der Waals surface area contributed by atoms with Crippen molar-refractivity contribution in [3.8, 4) is 0 Å². The molecule has 1 saturated heterocycles. The normalized spacial score (nSPS) is 26.0. The molecule has 2 atom stereocenters. The second kappa shape index (κ2) is 5.16. The lowest BCUT2D eigenvalue weighted by atomic mass is 10.2. The fourth-order valence-electron chi connectivity index (χ4n) is 3.08. The van der Waals surface area contributed by atoms with E-state index in [1.165, 1.54) is 0 Å². The van der Waals surface area contributed by atoms with Gasteiger partial charge in [-0.25, -0.2) is 4.79 Å². The molecule has 110 valence electrons. The molecule has 2 unspecified atom stereocenters. The van der Waals surface area contributed by atoms with Crippen LogP contribution in [0.5, 0.6) is 0 Å². The minimum Gasteiger partial charge on any atom is -0.422 e. The average molecular weight is 307 g/mol. The summed E-state index contributed by atoms with van der Waals surface area (Å²) in [6, 6.07) is 8.99. The van der Waals surface area contributed by atoms with E-state index in [0.29, 0.717) is 17.4 Å². The molecule has 2 aliphatic rings. The van der Waals surface area contributed by atoms with Gasteiger partial charge in [0, 0.05) is 24.5 Å². The molecule has 5 nitrogen and oxygen atoms in total. The zero-order valence-electron chi connectivity index (χ0n) is 11.2. The Hall–Kier alpha value is -1.85. The fourth-order valence-corrected chi connectivity index (χ4v) is 3.08. The highest BCUT2D eigenvalue weighted by atomic mass is 35.5. The monoisotopic (exact) mass is 306 g/mol. The number of rotatable bonds is 2. The van der Waals surface area contributed by atoms with Crippen LogP contribution in [-0.2, 0) is 0 Å². The molecule has 1 saturated carbocycles. The zero-order chi connectivity index (χ0) is 13.7. The molecular weight excluding hydrogens is 292 g/mol. The van der Waals surface area contributed by atoms with Crippen molar-refractivity contribution in [3.63, 3.8) is 0 Å². The number of nitrogens with one attached hydrogen (secondary N) is 2. The van der Waals surface area contributed by atoms with Crippen LogP contribution in [0.15, 0.2) is 39.5 Å². The number of halogens is 1. The van der Waals surface area contributed by atoms with E-state index >= 15 is 0 Å². The topological polar surface area (TPSA) is 71.3 Å². The maximum absolute atomic E-state index is 12.2. The number of amides is 1. The van der Waals surface area contributed by atoms with E-state index in [-0.39, 0.29) is 29.9 Å². The van der Waals surface area contributed by atoms with Gasteiger partial charge in [-0.2, -0.15) is 0 Å². The Bertz CT molecular complexity index is 748. The molecule has 4 rings (SSSR count). The lowest BCUT2D eigenvalue weighted by Gasteiger charge is -2.07. The first kappa shape index (κ1) is 14.1. The van der Waals surface area contributed by atoms with E-state index in [1.807, 2.05) is 12.1 Å². The maximum Gasteiger partial charge on any atom is 0.349 e. The van der Waals surface area contributed by atoms with Crippen LogP contribution in [-0.4, -0.2) is 25.0 Å². The summed E-state index contributed by atoms with van der Waals surface area (Å²) in [5.41, 5.74) is 0.00769. The lowest BCUT2D eigenvalue weighted by molar-refractivity contribution is 0.0943. The molecule has 2 heterocycles. The molecule has 2 aromatic rings. The van der Waals surface area contributed by atoms with Crippen LogP contribution in [0.1, 0.15) is 10.4 Å². The summed E-state index contributed by atoms with van der Waals surface area (Å²) < 4.78 is 5.18. The van der Waals surface area contributed by atoms with Crippen molar-refractivity contribution in [2.45, 2.75) is 6.04 Å². The molecule has 0 spiro atoms. The van der Waals surface area contributed by atoms with Gasteiger partial charge in [0.1, 0.15) is 11.1 Å². The first-order valence-corrected chi connectivity index (χ1v) is 6.78. The van der Waals surface area contributed by atoms with Crippen LogP contribution in [0.2, 0.25) is 0 Å². The van der Waals surface area contributed by atoms with Crippen LogP contribution in [0.4, 0.5) is 0 Å². The Morgan fingerprint density at radius 2 is 1.95 bits per heavy atom. The molecule has 1 aliphatic heterocycles. The number of piperidine rings is 1. The molecule has 1 amide bonds. The van der Waals surface area contributed by atoms with Gasteiger partial charge in [0.05, 0.1) is 0 Å². The number of para-hydroxylation sites is 1. The Morgan fingerprint density at radius 1 is 1.24 bits per heavy atom. The van der Waals surface area contributed by atoms with Crippen LogP contribution in [0, 0.1) is 11.8 Å². The summed E-state index contributed by atoms with van der Waals surface area (Å²) in [6.45, 7) is 1.89. The maximum atomic E-state index is 12.2. The third-order valence-corrected chi connectivity index (χ3v) is 4.28. The summed E-state index contributed by atoms with van der Waals surface area (Å²) in [7, 11) is 0. The van der Waals surface area contributed by atoms with E-state index in [0.717, 1.165) is 18.5 Å². The highest BCUT2D eigenvalue weighted by molar-refractivity contribution is 5.97. The van der Waals surface area contributed by atoms with Gasteiger partial charge in [-0.3, -0.25) is 4.79 Å². The Morgan fingerprint density at radius 3 is 2.71 bits per heavy atom. The Balaban J connectivity index is 0.00000132. The van der Waals surface area contributed by atoms with Gasteiger partial charge in [-0.15, -0.1) is 12.4 Å². The molecule has 21 heavy (non-hydrogen) atoms. The van der Waals surface area contributed by atoms with Crippen LogP contribution in [0.25, 0.3) is 11.0 Å². The van der Waals surface area contributed by atoms with Crippen molar-refractivity contribution in [2.75, 3.05) is 13.1 Å². The second-order valence-electron chi connectivity index (χ2n) is 5.47. The standard InChI is InChI=1S/C15H14N2O3.ClH/c18-14(17-13-10-6-16-7-11(10)13)9-5-8-3-1-2-4-12(8)20-15(9)19;/h1-5,10-11,13,16H,6-7H2,(H,17,18);1H. The van der Waals surface area contributed by atoms with Crippen molar-refractivity contribution >= 4 is 29.3 Å². The van der Waals surface area contributed by atoms with E-state index in [2.05, 4.69) is 10.6 Å². The first-order chi connectivity index (χ1) is 9.74. The number of fused-ring (bicyclic) bond motifs is 2. The third-order valence-electron chi connectivity index (χ3n) is 4.28. The van der Waals surface area contributed by atoms with Crippen LogP contribution in [0.3, 0.4) is 0 Å². The molecule has 2 N–H and O–H groups in total. The summed E-state index contributed by atoms with van der Waals surface area (Å²) in [5, 5.41) is 6.97. The molecular formula is C15H15ClN2O3. The van der Waals surface area contributed by atoms with E-state index < -0.39 is 5.63 Å². The summed E-state index contributed by atoms with van der Waals surface area (Å²) >= 11 is 0. The Labute approximate surface area is 127 Å². The number of benzene rings is 1. The third kappa shape index (κ3) is 2.32. The van der Waals surface area contributed by atoms with Gasteiger partial charge in [-0.05, 0) is 24.0 Å². The molecule has 1 aromatic heterocycles. The quantitative estimate of drug-likeness (QED) is 0.817. The van der Waals surface area contributed by atoms with Crippen LogP contribution < -0.4 is 16.3 Å². The van der Waals surface area contributed by atoms with Crippen molar-refractivity contribution in [3.05, 3.63) is 46.3 Å². The number of carbonyl (C=O) groups excluding carboxylic acids is 1. The predicted octanol–water partition coefficient (Wildman–Crippen LogP) is 1.16. The van der Waals surface area contributed by atoms with Gasteiger partial charge < -0.3 is 15.1 Å². The van der Waals surface area contributed by atoms with Crippen molar-refractivity contribution in [1.29, 1.82) is 0 Å². The second-order valence-corrected chi connectivity index (χ2v) is 5.47. The van der Waals surface area contributed by atoms with Gasteiger partial charge in [-0.1, -0.05) is 18.2 Å². The summed E-state index contributed by atoms with van der Waals surface area (Å²) in [5.74, 6) is 0.710. The Kier molecular flexibility index (Phi) is 3.47. The van der Waals surface area contributed by atoms with E-state index in [4.69, 9.17) is 4.42 Å². The molecule has 0 bridgehead atoms. The predicted molar refractivity (Wildman–Crippen MR) is 80.8 cm³/mol. The van der Waals surface area contributed by atoms with Crippen molar-refractivity contribution < 1.29 is 9.21 Å². The fraction of sp³-hybridized carbons (Fsp3) is 0.333. The van der Waals surface area contributed by atoms with Crippen molar-refractivity contribution in [1.82, 2.24) is 10.6 Å². The summed E-state index contributed by atoms with van der Waals surface area (Å²) in [4.78, 5) is 24.1. The molecule has 2 fully saturated rings. The molecule has 1 aliphatic carbocycles.